The Kier molecular flexibility index (Phi) is 2.91. The predicted molar refractivity (Wildman–Crippen MR) is 62.6 cm³/mol. The highest BCUT2D eigenvalue weighted by Gasteiger charge is 2.12. The maximum absolute atomic E-state index is 10.7. The SMILES string of the molecule is Cc1nc(-c2ccc[nH]2)nc(C)c1CC(=O)O. The number of aromatic amines is 1. The summed E-state index contributed by atoms with van der Waals surface area (Å²) < 4.78 is 0. The zero-order valence-corrected chi connectivity index (χ0v) is 9.69. The molecule has 2 aromatic rings. The molecule has 0 spiro atoms. The lowest BCUT2D eigenvalue weighted by molar-refractivity contribution is -0.136. The van der Waals surface area contributed by atoms with E-state index in [9.17, 15) is 4.79 Å². The van der Waals surface area contributed by atoms with Crippen molar-refractivity contribution < 1.29 is 9.90 Å². The number of nitrogens with one attached hydrogen (secondary N) is 1. The quantitative estimate of drug-likeness (QED) is 0.842. The predicted octanol–water partition coefficient (Wildman–Crippen LogP) is 1.72. The zero-order chi connectivity index (χ0) is 12.4. The van der Waals surface area contributed by atoms with Crippen LogP contribution in [0.5, 0.6) is 0 Å². The maximum atomic E-state index is 10.7. The third-order valence-electron chi connectivity index (χ3n) is 2.59. The molecule has 2 N–H and O–H groups in total. The molecule has 88 valence electrons. The van der Waals surface area contributed by atoms with Gasteiger partial charge >= 0.3 is 5.97 Å². The van der Waals surface area contributed by atoms with E-state index in [1.165, 1.54) is 0 Å². The number of aliphatic carboxylic acids is 1. The lowest BCUT2D eigenvalue weighted by atomic mass is 10.1. The highest BCUT2D eigenvalue weighted by molar-refractivity contribution is 5.71. The zero-order valence-electron chi connectivity index (χ0n) is 9.69. The van der Waals surface area contributed by atoms with E-state index in [2.05, 4.69) is 15.0 Å². The van der Waals surface area contributed by atoms with Gasteiger partial charge in [-0.1, -0.05) is 0 Å². The topological polar surface area (TPSA) is 78.9 Å². The minimum atomic E-state index is -0.868. The Morgan fingerprint density at radius 3 is 2.47 bits per heavy atom. The standard InChI is InChI=1S/C12H13N3O2/c1-7-9(6-11(16)17)8(2)15-12(14-7)10-4-3-5-13-10/h3-5,13H,6H2,1-2H3,(H,16,17). The molecule has 0 saturated carbocycles. The number of hydrogen-bond acceptors (Lipinski definition) is 3. The number of aryl methyl sites for hydroxylation is 2. The van der Waals surface area contributed by atoms with Crippen LogP contribution in [0.15, 0.2) is 18.3 Å². The Labute approximate surface area is 98.6 Å². The molecule has 0 aliphatic rings. The number of carboxylic acid groups (broad SMARTS) is 1. The molecule has 5 nitrogen and oxygen atoms in total. The van der Waals surface area contributed by atoms with Crippen molar-refractivity contribution in [2.45, 2.75) is 20.3 Å². The third-order valence-corrected chi connectivity index (χ3v) is 2.59. The lowest BCUT2D eigenvalue weighted by Gasteiger charge is -2.08. The van der Waals surface area contributed by atoms with Crippen molar-refractivity contribution in [3.63, 3.8) is 0 Å². The molecular formula is C12H13N3O2. The van der Waals surface area contributed by atoms with Crippen molar-refractivity contribution in [3.8, 4) is 11.5 Å². The van der Waals surface area contributed by atoms with Crippen molar-refractivity contribution >= 4 is 5.97 Å². The molecule has 2 aromatic heterocycles. The Morgan fingerprint density at radius 2 is 2.00 bits per heavy atom. The van der Waals surface area contributed by atoms with Gasteiger partial charge in [0.05, 0.1) is 12.1 Å². The van der Waals surface area contributed by atoms with Crippen molar-refractivity contribution in [1.29, 1.82) is 0 Å². The molecule has 2 rings (SSSR count). The molecule has 0 unspecified atom stereocenters. The minimum absolute atomic E-state index is 0.0390. The molecule has 0 aliphatic carbocycles. The van der Waals surface area contributed by atoms with Crippen LogP contribution in [-0.4, -0.2) is 26.0 Å². The average molecular weight is 231 g/mol. The van der Waals surface area contributed by atoms with Crippen LogP contribution in [0.25, 0.3) is 11.5 Å². The molecular weight excluding hydrogens is 218 g/mol. The molecule has 5 heteroatoms. The van der Waals surface area contributed by atoms with Gasteiger partial charge in [-0.2, -0.15) is 0 Å². The van der Waals surface area contributed by atoms with Crippen LogP contribution in [-0.2, 0) is 11.2 Å². The van der Waals surface area contributed by atoms with Gasteiger partial charge in [-0.3, -0.25) is 4.79 Å². The van der Waals surface area contributed by atoms with E-state index in [4.69, 9.17) is 5.11 Å². The Hall–Kier alpha value is -2.17. The molecule has 0 radical (unpaired) electrons. The summed E-state index contributed by atoms with van der Waals surface area (Å²) in [6.45, 7) is 3.61. The molecule has 2 heterocycles. The largest absolute Gasteiger partial charge is 0.481 e. The average Bonchev–Trinajstić information content (AvgIpc) is 2.76. The van der Waals surface area contributed by atoms with Crippen LogP contribution in [0.3, 0.4) is 0 Å². The van der Waals surface area contributed by atoms with Crippen molar-refractivity contribution in [1.82, 2.24) is 15.0 Å². The number of rotatable bonds is 3. The van der Waals surface area contributed by atoms with Crippen LogP contribution in [0.2, 0.25) is 0 Å². The second-order valence-electron chi connectivity index (χ2n) is 3.85. The summed E-state index contributed by atoms with van der Waals surface area (Å²) in [5.74, 6) is -0.272. The molecule has 0 fully saturated rings. The third kappa shape index (κ3) is 2.33. The Bertz CT molecular complexity index is 524. The van der Waals surface area contributed by atoms with Crippen LogP contribution in [0.1, 0.15) is 17.0 Å². The summed E-state index contributed by atoms with van der Waals surface area (Å²) in [6.07, 6.45) is 1.76. The second kappa shape index (κ2) is 4.37. The minimum Gasteiger partial charge on any atom is -0.481 e. The number of carboxylic acids is 1. The van der Waals surface area contributed by atoms with Gasteiger partial charge in [0.15, 0.2) is 5.82 Å². The molecule has 0 atom stereocenters. The van der Waals surface area contributed by atoms with Crippen LogP contribution >= 0.6 is 0 Å². The summed E-state index contributed by atoms with van der Waals surface area (Å²) in [5.41, 5.74) is 2.94. The molecule has 0 bridgehead atoms. The van der Waals surface area contributed by atoms with Gasteiger partial charge in [-0.15, -0.1) is 0 Å². The number of H-pyrrole nitrogens is 1. The summed E-state index contributed by atoms with van der Waals surface area (Å²) >= 11 is 0. The highest BCUT2D eigenvalue weighted by atomic mass is 16.4. The van der Waals surface area contributed by atoms with E-state index in [-0.39, 0.29) is 6.42 Å². The Balaban J connectivity index is 2.45. The van der Waals surface area contributed by atoms with Crippen molar-refractivity contribution in [2.24, 2.45) is 0 Å². The fourth-order valence-electron chi connectivity index (χ4n) is 1.74. The maximum Gasteiger partial charge on any atom is 0.307 e. The summed E-state index contributed by atoms with van der Waals surface area (Å²) in [6, 6.07) is 3.75. The monoisotopic (exact) mass is 231 g/mol. The molecule has 0 aliphatic heterocycles. The molecule has 17 heavy (non-hydrogen) atoms. The summed E-state index contributed by atoms with van der Waals surface area (Å²) in [7, 11) is 0. The van der Waals surface area contributed by atoms with Gasteiger partial charge in [0, 0.05) is 23.1 Å². The van der Waals surface area contributed by atoms with E-state index in [0.717, 1.165) is 5.69 Å². The van der Waals surface area contributed by atoms with Crippen LogP contribution < -0.4 is 0 Å². The Morgan fingerprint density at radius 1 is 1.35 bits per heavy atom. The highest BCUT2D eigenvalue weighted by Crippen LogP contribution is 2.17. The molecule has 0 saturated heterocycles. The van der Waals surface area contributed by atoms with Crippen LogP contribution in [0.4, 0.5) is 0 Å². The van der Waals surface area contributed by atoms with Gasteiger partial charge in [0.1, 0.15) is 0 Å². The molecule has 0 amide bonds. The first-order chi connectivity index (χ1) is 8.08. The second-order valence-corrected chi connectivity index (χ2v) is 3.85. The van der Waals surface area contributed by atoms with E-state index in [1.54, 1.807) is 20.0 Å². The normalized spacial score (nSPS) is 10.5. The van der Waals surface area contributed by atoms with Gasteiger partial charge in [-0.25, -0.2) is 9.97 Å². The smallest absolute Gasteiger partial charge is 0.307 e. The number of nitrogens with zero attached hydrogens (tertiary/aromatic N) is 2. The fourth-order valence-corrected chi connectivity index (χ4v) is 1.74. The van der Waals surface area contributed by atoms with Crippen molar-refractivity contribution in [2.75, 3.05) is 0 Å². The number of aromatic nitrogens is 3. The number of carbonyl (C=O) groups is 1. The fraction of sp³-hybridized carbons (Fsp3) is 0.250. The number of hydrogen-bond donors (Lipinski definition) is 2. The first kappa shape index (κ1) is 11.3. The first-order valence-corrected chi connectivity index (χ1v) is 5.27. The van der Waals surface area contributed by atoms with E-state index < -0.39 is 5.97 Å². The van der Waals surface area contributed by atoms with Crippen LogP contribution in [0, 0.1) is 13.8 Å². The summed E-state index contributed by atoms with van der Waals surface area (Å²) in [5, 5.41) is 8.81. The van der Waals surface area contributed by atoms with E-state index in [0.29, 0.717) is 22.8 Å². The van der Waals surface area contributed by atoms with Gasteiger partial charge in [0.2, 0.25) is 0 Å². The van der Waals surface area contributed by atoms with Gasteiger partial charge < -0.3 is 10.1 Å². The first-order valence-electron chi connectivity index (χ1n) is 5.27. The van der Waals surface area contributed by atoms with E-state index >= 15 is 0 Å². The van der Waals surface area contributed by atoms with E-state index in [1.807, 2.05) is 12.1 Å². The molecule has 0 aromatic carbocycles. The lowest BCUT2D eigenvalue weighted by Crippen LogP contribution is -2.08. The van der Waals surface area contributed by atoms with Gasteiger partial charge in [0.25, 0.3) is 0 Å². The summed E-state index contributed by atoms with van der Waals surface area (Å²) in [4.78, 5) is 22.4. The van der Waals surface area contributed by atoms with Gasteiger partial charge in [-0.05, 0) is 26.0 Å². The van der Waals surface area contributed by atoms with Crippen molar-refractivity contribution in [3.05, 3.63) is 35.3 Å².